The Morgan fingerprint density at radius 2 is 1.62 bits per heavy atom. The van der Waals surface area contributed by atoms with Crippen molar-refractivity contribution in [2.75, 3.05) is 35.7 Å². The predicted molar refractivity (Wildman–Crippen MR) is 126 cm³/mol. The lowest BCUT2D eigenvalue weighted by molar-refractivity contribution is 0.192. The van der Waals surface area contributed by atoms with Crippen molar-refractivity contribution in [2.24, 2.45) is 0 Å². The van der Waals surface area contributed by atoms with Crippen molar-refractivity contribution in [1.82, 2.24) is 4.90 Å². The summed E-state index contributed by atoms with van der Waals surface area (Å²) in [4.78, 5) is 28.9. The number of nitrogens with zero attached hydrogens (tertiary/aromatic N) is 2. The van der Waals surface area contributed by atoms with Crippen LogP contribution < -0.4 is 20.3 Å². The molecule has 0 spiro atoms. The Kier molecular flexibility index (Phi) is 6.55. The third kappa shape index (κ3) is 5.18. The van der Waals surface area contributed by atoms with Gasteiger partial charge in [0.2, 0.25) is 0 Å². The molecule has 0 aliphatic carbocycles. The second kappa shape index (κ2) is 9.87. The van der Waals surface area contributed by atoms with E-state index in [2.05, 4.69) is 10.6 Å². The SMILES string of the molecule is COc1cccc(CN2CCCN(c3ccc(NC(=O)Nc4ccccc4)cc3)C2=O)c1. The van der Waals surface area contributed by atoms with E-state index in [4.69, 9.17) is 4.74 Å². The van der Waals surface area contributed by atoms with Gasteiger partial charge in [-0.15, -0.1) is 0 Å². The third-order valence-electron chi connectivity index (χ3n) is 5.29. The molecule has 32 heavy (non-hydrogen) atoms. The van der Waals surface area contributed by atoms with Crippen molar-refractivity contribution >= 4 is 29.1 Å². The summed E-state index contributed by atoms with van der Waals surface area (Å²) in [5.74, 6) is 0.781. The normalized spacial score (nSPS) is 13.6. The zero-order valence-electron chi connectivity index (χ0n) is 18.0. The molecule has 0 atom stereocenters. The van der Waals surface area contributed by atoms with E-state index in [1.807, 2.05) is 71.6 Å². The Morgan fingerprint density at radius 1 is 0.906 bits per heavy atom. The van der Waals surface area contributed by atoms with Crippen LogP contribution in [0.25, 0.3) is 0 Å². The maximum absolute atomic E-state index is 13.1. The van der Waals surface area contributed by atoms with Gasteiger partial charge in [0.25, 0.3) is 0 Å². The number of methoxy groups -OCH3 is 1. The molecule has 164 valence electrons. The van der Waals surface area contributed by atoms with Gasteiger partial charge in [-0.1, -0.05) is 30.3 Å². The van der Waals surface area contributed by atoms with Gasteiger partial charge < -0.3 is 20.3 Å². The fourth-order valence-electron chi connectivity index (χ4n) is 3.70. The molecule has 1 heterocycles. The molecule has 3 aromatic carbocycles. The zero-order chi connectivity index (χ0) is 22.3. The first-order valence-electron chi connectivity index (χ1n) is 10.5. The van der Waals surface area contributed by atoms with Crippen LogP contribution in [0.5, 0.6) is 5.75 Å². The molecule has 0 bridgehead atoms. The maximum atomic E-state index is 13.1. The van der Waals surface area contributed by atoms with Gasteiger partial charge >= 0.3 is 12.1 Å². The molecule has 2 N–H and O–H groups in total. The third-order valence-corrected chi connectivity index (χ3v) is 5.29. The second-order valence-corrected chi connectivity index (χ2v) is 7.55. The summed E-state index contributed by atoms with van der Waals surface area (Å²) in [7, 11) is 1.64. The van der Waals surface area contributed by atoms with Gasteiger partial charge in [0, 0.05) is 36.7 Å². The average molecular weight is 431 g/mol. The van der Waals surface area contributed by atoms with E-state index >= 15 is 0 Å². The molecule has 3 aromatic rings. The lowest BCUT2D eigenvalue weighted by Crippen LogP contribution is -2.49. The lowest BCUT2D eigenvalue weighted by Gasteiger charge is -2.35. The van der Waals surface area contributed by atoms with Crippen LogP contribution in [0.4, 0.5) is 26.7 Å². The van der Waals surface area contributed by atoms with E-state index in [1.165, 1.54) is 0 Å². The van der Waals surface area contributed by atoms with Crippen molar-refractivity contribution in [2.45, 2.75) is 13.0 Å². The molecule has 0 saturated carbocycles. The molecular formula is C25H26N4O3. The summed E-state index contributed by atoms with van der Waals surface area (Å²) < 4.78 is 5.28. The van der Waals surface area contributed by atoms with Gasteiger partial charge in [0.05, 0.1) is 7.11 Å². The van der Waals surface area contributed by atoms with Crippen LogP contribution in [0.15, 0.2) is 78.9 Å². The van der Waals surface area contributed by atoms with E-state index in [0.717, 1.165) is 29.1 Å². The van der Waals surface area contributed by atoms with E-state index in [0.29, 0.717) is 25.3 Å². The number of hydrogen-bond donors (Lipinski definition) is 2. The summed E-state index contributed by atoms with van der Waals surface area (Å²) in [6, 6.07) is 24.0. The highest BCUT2D eigenvalue weighted by Crippen LogP contribution is 2.24. The Labute approximate surface area is 187 Å². The van der Waals surface area contributed by atoms with Gasteiger partial charge in [-0.05, 0) is 60.5 Å². The van der Waals surface area contributed by atoms with Gasteiger partial charge in [0.15, 0.2) is 0 Å². The van der Waals surface area contributed by atoms with Crippen LogP contribution in [-0.4, -0.2) is 37.2 Å². The van der Waals surface area contributed by atoms with Crippen molar-refractivity contribution in [3.8, 4) is 5.75 Å². The smallest absolute Gasteiger partial charge is 0.324 e. The molecule has 1 saturated heterocycles. The number of hydrogen-bond acceptors (Lipinski definition) is 3. The van der Waals surface area contributed by atoms with Crippen LogP contribution in [-0.2, 0) is 6.54 Å². The Hall–Kier alpha value is -4.00. The number of nitrogens with one attached hydrogen (secondary N) is 2. The first-order chi connectivity index (χ1) is 15.6. The molecule has 1 aliphatic heterocycles. The number of amides is 4. The molecule has 1 aliphatic rings. The molecule has 0 unspecified atom stereocenters. The second-order valence-electron chi connectivity index (χ2n) is 7.55. The predicted octanol–water partition coefficient (Wildman–Crippen LogP) is 5.17. The Morgan fingerprint density at radius 3 is 2.34 bits per heavy atom. The lowest BCUT2D eigenvalue weighted by atomic mass is 10.1. The van der Waals surface area contributed by atoms with Crippen LogP contribution in [0.1, 0.15) is 12.0 Å². The van der Waals surface area contributed by atoms with Crippen molar-refractivity contribution in [1.29, 1.82) is 0 Å². The largest absolute Gasteiger partial charge is 0.497 e. The van der Waals surface area contributed by atoms with Crippen molar-refractivity contribution < 1.29 is 14.3 Å². The maximum Gasteiger partial charge on any atom is 0.324 e. The number of anilines is 3. The minimum Gasteiger partial charge on any atom is -0.497 e. The van der Waals surface area contributed by atoms with Crippen LogP contribution in [0.2, 0.25) is 0 Å². The molecule has 0 radical (unpaired) electrons. The molecule has 7 heteroatoms. The van der Waals surface area contributed by atoms with Gasteiger partial charge in [-0.25, -0.2) is 9.59 Å². The molecule has 1 fully saturated rings. The van der Waals surface area contributed by atoms with Crippen molar-refractivity contribution in [3.05, 3.63) is 84.4 Å². The molecule has 4 amide bonds. The highest BCUT2D eigenvalue weighted by atomic mass is 16.5. The molecule has 7 nitrogen and oxygen atoms in total. The zero-order valence-corrected chi connectivity index (χ0v) is 18.0. The quantitative estimate of drug-likeness (QED) is 0.566. The summed E-state index contributed by atoms with van der Waals surface area (Å²) in [6.07, 6.45) is 0.884. The van der Waals surface area contributed by atoms with E-state index in [1.54, 1.807) is 24.1 Å². The summed E-state index contributed by atoms with van der Waals surface area (Å²) in [5.41, 5.74) is 3.21. The van der Waals surface area contributed by atoms with E-state index in [9.17, 15) is 9.59 Å². The van der Waals surface area contributed by atoms with Crippen LogP contribution in [0, 0.1) is 0 Å². The van der Waals surface area contributed by atoms with Crippen LogP contribution >= 0.6 is 0 Å². The van der Waals surface area contributed by atoms with Gasteiger partial charge in [0.1, 0.15) is 5.75 Å². The number of rotatable bonds is 6. The van der Waals surface area contributed by atoms with Crippen LogP contribution in [0.3, 0.4) is 0 Å². The van der Waals surface area contributed by atoms with E-state index < -0.39 is 0 Å². The highest BCUT2D eigenvalue weighted by molar-refractivity contribution is 6.00. The minimum absolute atomic E-state index is 0.0263. The minimum atomic E-state index is -0.317. The molecule has 4 rings (SSSR count). The first kappa shape index (κ1) is 21.2. The summed E-state index contributed by atoms with van der Waals surface area (Å²) in [5, 5.41) is 5.59. The number of benzene rings is 3. The molecular weight excluding hydrogens is 404 g/mol. The fraction of sp³-hybridized carbons (Fsp3) is 0.200. The average Bonchev–Trinajstić information content (AvgIpc) is 2.82. The topological polar surface area (TPSA) is 73.9 Å². The number of carbonyl (C=O) groups is 2. The van der Waals surface area contributed by atoms with Gasteiger partial charge in [-0.3, -0.25) is 4.90 Å². The molecule has 0 aromatic heterocycles. The Bertz CT molecular complexity index is 1070. The number of para-hydroxylation sites is 1. The summed E-state index contributed by atoms with van der Waals surface area (Å²) >= 11 is 0. The number of urea groups is 2. The monoisotopic (exact) mass is 430 g/mol. The fourth-order valence-corrected chi connectivity index (χ4v) is 3.70. The van der Waals surface area contributed by atoms with Crippen molar-refractivity contribution in [3.63, 3.8) is 0 Å². The van der Waals surface area contributed by atoms with E-state index in [-0.39, 0.29) is 12.1 Å². The number of carbonyl (C=O) groups excluding carboxylic acids is 2. The number of ether oxygens (including phenoxy) is 1. The van der Waals surface area contributed by atoms with Gasteiger partial charge in [-0.2, -0.15) is 0 Å². The summed E-state index contributed by atoms with van der Waals surface area (Å²) in [6.45, 7) is 1.91. The Balaban J connectivity index is 1.38. The standard InChI is InChI=1S/C25H26N4O3/c1-32-23-10-5-7-19(17-23)18-28-15-6-16-29(25(28)31)22-13-11-21(12-14-22)27-24(30)26-20-8-3-2-4-9-20/h2-5,7-14,17H,6,15-16,18H2,1H3,(H2,26,27,30). The first-order valence-corrected chi connectivity index (χ1v) is 10.5. The highest BCUT2D eigenvalue weighted by Gasteiger charge is 2.26.